The highest BCUT2D eigenvalue weighted by molar-refractivity contribution is 5.20. The van der Waals surface area contributed by atoms with E-state index in [4.69, 9.17) is 0 Å². The quantitative estimate of drug-likeness (QED) is 0.870. The Bertz CT molecular complexity index is 442. The summed E-state index contributed by atoms with van der Waals surface area (Å²) in [7, 11) is 0. The molecule has 0 amide bonds. The number of hydrogen-bond acceptors (Lipinski definition) is 2. The van der Waals surface area contributed by atoms with Gasteiger partial charge in [0.1, 0.15) is 0 Å². The summed E-state index contributed by atoms with van der Waals surface area (Å²) in [4.78, 5) is 0. The second kappa shape index (κ2) is 6.64. The Kier molecular flexibility index (Phi) is 5.11. The first-order valence-electron chi connectivity index (χ1n) is 7.42. The van der Waals surface area contributed by atoms with Gasteiger partial charge in [0.05, 0.1) is 5.60 Å². The molecule has 0 radical (unpaired) electrons. The molecule has 1 saturated carbocycles. The molecule has 4 heteroatoms. The lowest BCUT2D eigenvalue weighted by atomic mass is 9.78. The maximum absolute atomic E-state index is 13.2. The third-order valence-electron chi connectivity index (χ3n) is 4.12. The van der Waals surface area contributed by atoms with Crippen molar-refractivity contribution in [1.82, 2.24) is 5.32 Å². The largest absolute Gasteiger partial charge is 0.390 e. The lowest BCUT2D eigenvalue weighted by Crippen LogP contribution is -2.42. The number of aliphatic hydroxyl groups is 1. The Morgan fingerprint density at radius 2 is 1.95 bits per heavy atom. The monoisotopic (exact) mass is 283 g/mol. The molecule has 1 aromatic rings. The van der Waals surface area contributed by atoms with Gasteiger partial charge in [0, 0.05) is 12.5 Å². The molecule has 112 valence electrons. The van der Waals surface area contributed by atoms with Crippen LogP contribution in [0.2, 0.25) is 0 Å². The number of hydrogen-bond donors (Lipinski definition) is 2. The fraction of sp³-hybridized carbons (Fsp3) is 0.625. The highest BCUT2D eigenvalue weighted by atomic mass is 19.2. The van der Waals surface area contributed by atoms with Gasteiger partial charge in [-0.1, -0.05) is 13.0 Å². The van der Waals surface area contributed by atoms with Gasteiger partial charge in [-0.2, -0.15) is 0 Å². The molecule has 20 heavy (non-hydrogen) atoms. The average Bonchev–Trinajstić information content (AvgIpc) is 2.42. The van der Waals surface area contributed by atoms with E-state index in [1.165, 1.54) is 6.07 Å². The molecule has 2 N–H and O–H groups in total. The molecular weight excluding hydrogens is 260 g/mol. The zero-order valence-corrected chi connectivity index (χ0v) is 12.0. The third kappa shape index (κ3) is 4.00. The van der Waals surface area contributed by atoms with Crippen LogP contribution in [0.25, 0.3) is 0 Å². The van der Waals surface area contributed by atoms with Gasteiger partial charge in [-0.05, 0) is 56.3 Å². The van der Waals surface area contributed by atoms with Crippen molar-refractivity contribution < 1.29 is 13.9 Å². The van der Waals surface area contributed by atoms with Gasteiger partial charge in [-0.15, -0.1) is 0 Å². The molecule has 0 atom stereocenters. The Morgan fingerprint density at radius 3 is 2.55 bits per heavy atom. The van der Waals surface area contributed by atoms with E-state index in [1.54, 1.807) is 6.07 Å². The maximum atomic E-state index is 13.2. The van der Waals surface area contributed by atoms with Crippen molar-refractivity contribution in [2.45, 2.75) is 57.1 Å². The smallest absolute Gasteiger partial charge is 0.159 e. The van der Waals surface area contributed by atoms with Crippen LogP contribution in [0.5, 0.6) is 0 Å². The van der Waals surface area contributed by atoms with Crippen molar-refractivity contribution in [3.63, 3.8) is 0 Å². The van der Waals surface area contributed by atoms with E-state index < -0.39 is 17.2 Å². The van der Waals surface area contributed by atoms with Crippen molar-refractivity contribution in [1.29, 1.82) is 0 Å². The SMILES string of the molecule is CCCNC1CCC(O)(Cc2ccc(F)c(F)c2)CC1. The minimum absolute atomic E-state index is 0.394. The zero-order valence-electron chi connectivity index (χ0n) is 12.0. The average molecular weight is 283 g/mol. The Hall–Kier alpha value is -1.00. The summed E-state index contributed by atoms with van der Waals surface area (Å²) in [5, 5.41) is 14.1. The molecule has 2 rings (SSSR count). The molecule has 2 nitrogen and oxygen atoms in total. The maximum Gasteiger partial charge on any atom is 0.159 e. The van der Waals surface area contributed by atoms with Crippen molar-refractivity contribution in [3.05, 3.63) is 35.4 Å². The number of halogens is 2. The van der Waals surface area contributed by atoms with E-state index in [1.807, 2.05) is 0 Å². The number of benzene rings is 1. The highest BCUT2D eigenvalue weighted by Gasteiger charge is 2.33. The van der Waals surface area contributed by atoms with E-state index in [0.717, 1.165) is 31.9 Å². The molecule has 0 unspecified atom stereocenters. The topological polar surface area (TPSA) is 32.3 Å². The Morgan fingerprint density at radius 1 is 1.25 bits per heavy atom. The second-order valence-corrected chi connectivity index (χ2v) is 5.88. The summed E-state index contributed by atoms with van der Waals surface area (Å²) in [6, 6.07) is 4.34. The zero-order chi connectivity index (χ0) is 14.6. The van der Waals surface area contributed by atoms with Crippen LogP contribution in [0.3, 0.4) is 0 Å². The minimum atomic E-state index is -0.843. The molecule has 0 aliphatic heterocycles. The van der Waals surface area contributed by atoms with Crippen LogP contribution in [-0.4, -0.2) is 23.3 Å². The predicted octanol–water partition coefficient (Wildman–Crippen LogP) is 3.18. The van der Waals surface area contributed by atoms with Crippen LogP contribution in [-0.2, 0) is 6.42 Å². The predicted molar refractivity (Wildman–Crippen MR) is 75.6 cm³/mol. The van der Waals surface area contributed by atoms with Crippen LogP contribution in [0, 0.1) is 11.6 Å². The van der Waals surface area contributed by atoms with Gasteiger partial charge >= 0.3 is 0 Å². The first-order valence-corrected chi connectivity index (χ1v) is 7.42. The van der Waals surface area contributed by atoms with Gasteiger partial charge < -0.3 is 10.4 Å². The molecule has 1 aliphatic rings. The van der Waals surface area contributed by atoms with E-state index >= 15 is 0 Å². The Labute approximate surface area is 119 Å². The summed E-state index contributed by atoms with van der Waals surface area (Å²) < 4.78 is 26.1. The van der Waals surface area contributed by atoms with Gasteiger partial charge in [-0.3, -0.25) is 0 Å². The number of nitrogens with one attached hydrogen (secondary N) is 1. The van der Waals surface area contributed by atoms with Gasteiger partial charge in [0.15, 0.2) is 11.6 Å². The Balaban J connectivity index is 1.91. The summed E-state index contributed by atoms with van der Waals surface area (Å²) in [5.41, 5.74) is -0.124. The molecule has 0 heterocycles. The van der Waals surface area contributed by atoms with E-state index in [2.05, 4.69) is 12.2 Å². The fourth-order valence-corrected chi connectivity index (χ4v) is 2.91. The van der Waals surface area contributed by atoms with Crippen LogP contribution in [0.15, 0.2) is 18.2 Å². The molecule has 1 aromatic carbocycles. The second-order valence-electron chi connectivity index (χ2n) is 5.88. The minimum Gasteiger partial charge on any atom is -0.390 e. The third-order valence-corrected chi connectivity index (χ3v) is 4.12. The van der Waals surface area contributed by atoms with Crippen molar-refractivity contribution in [2.24, 2.45) is 0 Å². The molecule has 0 aromatic heterocycles. The lowest BCUT2D eigenvalue weighted by molar-refractivity contribution is -0.00312. The van der Waals surface area contributed by atoms with E-state index in [9.17, 15) is 13.9 Å². The molecule has 0 spiro atoms. The van der Waals surface area contributed by atoms with Crippen molar-refractivity contribution >= 4 is 0 Å². The first-order chi connectivity index (χ1) is 9.52. The van der Waals surface area contributed by atoms with Gasteiger partial charge in [0.2, 0.25) is 0 Å². The summed E-state index contributed by atoms with van der Waals surface area (Å²) in [5.74, 6) is -1.68. The summed E-state index contributed by atoms with van der Waals surface area (Å²) in [6.07, 6.45) is 4.77. The molecule has 0 saturated heterocycles. The molecule has 1 fully saturated rings. The first kappa shape index (κ1) is 15.4. The summed E-state index contributed by atoms with van der Waals surface area (Å²) >= 11 is 0. The fourth-order valence-electron chi connectivity index (χ4n) is 2.91. The lowest BCUT2D eigenvalue weighted by Gasteiger charge is -2.36. The van der Waals surface area contributed by atoms with Crippen LogP contribution in [0.1, 0.15) is 44.6 Å². The van der Waals surface area contributed by atoms with E-state index in [-0.39, 0.29) is 0 Å². The highest BCUT2D eigenvalue weighted by Crippen LogP contribution is 2.31. The van der Waals surface area contributed by atoms with Crippen molar-refractivity contribution in [2.75, 3.05) is 6.54 Å². The van der Waals surface area contributed by atoms with Crippen LogP contribution < -0.4 is 5.32 Å². The summed E-state index contributed by atoms with van der Waals surface area (Å²) in [6.45, 7) is 3.14. The van der Waals surface area contributed by atoms with Gasteiger partial charge in [-0.25, -0.2) is 8.78 Å². The van der Waals surface area contributed by atoms with Crippen LogP contribution >= 0.6 is 0 Å². The van der Waals surface area contributed by atoms with Gasteiger partial charge in [0.25, 0.3) is 0 Å². The molecule has 0 bridgehead atoms. The molecular formula is C16H23F2NO. The number of rotatable bonds is 5. The van der Waals surface area contributed by atoms with E-state index in [0.29, 0.717) is 30.9 Å². The van der Waals surface area contributed by atoms with Crippen LogP contribution in [0.4, 0.5) is 8.78 Å². The standard InChI is InChI=1S/C16H23F2NO/c1-2-9-19-13-5-7-16(20,8-6-13)11-12-3-4-14(17)15(18)10-12/h3-4,10,13,19-20H,2,5-9,11H2,1H3. The molecule has 1 aliphatic carbocycles. The normalized spacial score (nSPS) is 26.7. The van der Waals surface area contributed by atoms with Crippen molar-refractivity contribution in [3.8, 4) is 0 Å².